The van der Waals surface area contributed by atoms with Crippen LogP contribution in [0.4, 0.5) is 0 Å². The standard InChI is InChI=1S/C9H18N3O13P3/c1-6-4-7(23-9(13)2-3-11-12-10)8(22-6)5-21-27(17,18)25-28(19,20)24-26(14,15)16/h6-8H,2-5H2,1H3,(H,17,18)(H,19,20)(H2,14,15,16)/t6-,7+,8+/m0/s1. The van der Waals surface area contributed by atoms with Crippen LogP contribution in [0.15, 0.2) is 5.11 Å². The molecule has 162 valence electrons. The molecule has 4 N–H and O–H groups in total. The topological polar surface area (TPSA) is 244 Å². The molecule has 1 aliphatic rings. The molecule has 0 aromatic heterocycles. The Bertz CT molecular complexity index is 749. The maximum Gasteiger partial charge on any atom is 0.490 e. The number of hydrogen-bond donors (Lipinski definition) is 4. The van der Waals surface area contributed by atoms with Gasteiger partial charge in [-0.15, -0.1) is 0 Å². The summed E-state index contributed by atoms with van der Waals surface area (Å²) in [6.45, 7) is 0.749. The summed E-state index contributed by atoms with van der Waals surface area (Å²) in [4.78, 5) is 49.5. The molecule has 1 rings (SSSR count). The van der Waals surface area contributed by atoms with Gasteiger partial charge in [-0.2, -0.15) is 8.62 Å². The van der Waals surface area contributed by atoms with Gasteiger partial charge in [0.05, 0.1) is 19.1 Å². The summed E-state index contributed by atoms with van der Waals surface area (Å²) in [6.07, 6.45) is -2.39. The van der Waals surface area contributed by atoms with Crippen LogP contribution < -0.4 is 0 Å². The summed E-state index contributed by atoms with van der Waals surface area (Å²) >= 11 is 0. The fourth-order valence-electron chi connectivity index (χ4n) is 2.08. The first-order valence-electron chi connectivity index (χ1n) is 7.37. The number of esters is 1. The highest BCUT2D eigenvalue weighted by Gasteiger charge is 2.43. The van der Waals surface area contributed by atoms with E-state index in [-0.39, 0.29) is 19.4 Å². The van der Waals surface area contributed by atoms with E-state index in [2.05, 4.69) is 23.2 Å². The highest BCUT2D eigenvalue weighted by atomic mass is 31.3. The van der Waals surface area contributed by atoms with E-state index in [9.17, 15) is 23.4 Å². The van der Waals surface area contributed by atoms with Crippen molar-refractivity contribution in [3.05, 3.63) is 10.4 Å². The number of hydrogen-bond acceptors (Lipinski definition) is 10. The zero-order valence-electron chi connectivity index (χ0n) is 14.2. The number of carbonyl (C=O) groups excluding carboxylic acids is 1. The zero-order valence-corrected chi connectivity index (χ0v) is 16.9. The largest absolute Gasteiger partial charge is 0.490 e. The molecule has 28 heavy (non-hydrogen) atoms. The normalized spacial score (nSPS) is 26.7. The monoisotopic (exact) mass is 469 g/mol. The molecule has 5 atom stereocenters. The summed E-state index contributed by atoms with van der Waals surface area (Å²) in [5, 5.41) is 3.17. The molecule has 0 saturated carbocycles. The van der Waals surface area contributed by atoms with Gasteiger partial charge in [0.1, 0.15) is 12.2 Å². The van der Waals surface area contributed by atoms with Gasteiger partial charge in [0.15, 0.2) is 0 Å². The van der Waals surface area contributed by atoms with Crippen molar-refractivity contribution >= 4 is 29.4 Å². The fraction of sp³-hybridized carbons (Fsp3) is 0.889. The van der Waals surface area contributed by atoms with Gasteiger partial charge in [-0.1, -0.05) is 5.11 Å². The smallest absolute Gasteiger partial charge is 0.459 e. The van der Waals surface area contributed by atoms with Crippen molar-refractivity contribution in [2.75, 3.05) is 13.2 Å². The molecular weight excluding hydrogens is 451 g/mol. The summed E-state index contributed by atoms with van der Waals surface area (Å²) in [6, 6.07) is 0. The maximum atomic E-state index is 11.7. The van der Waals surface area contributed by atoms with E-state index in [1.165, 1.54) is 0 Å². The Kier molecular flexibility index (Phi) is 9.23. The molecule has 0 bridgehead atoms. The second-order valence-corrected chi connectivity index (χ2v) is 9.76. The first-order valence-corrected chi connectivity index (χ1v) is 11.9. The Hall–Kier alpha value is -0.850. The van der Waals surface area contributed by atoms with Gasteiger partial charge >= 0.3 is 29.4 Å². The number of azide groups is 1. The van der Waals surface area contributed by atoms with E-state index in [4.69, 9.17) is 29.7 Å². The summed E-state index contributed by atoms with van der Waals surface area (Å²) in [7, 11) is -16.4. The first-order chi connectivity index (χ1) is 12.7. The van der Waals surface area contributed by atoms with Gasteiger partial charge in [-0.05, 0) is 12.5 Å². The van der Waals surface area contributed by atoms with Gasteiger partial charge in [-0.25, -0.2) is 13.7 Å². The van der Waals surface area contributed by atoms with Gasteiger partial charge < -0.3 is 29.0 Å². The lowest BCUT2D eigenvalue weighted by molar-refractivity contribution is -0.152. The number of phosphoric ester groups is 1. The maximum absolute atomic E-state index is 11.7. The number of ether oxygens (including phenoxy) is 2. The molecule has 16 nitrogen and oxygen atoms in total. The Morgan fingerprint density at radius 1 is 1.21 bits per heavy atom. The van der Waals surface area contributed by atoms with Crippen molar-refractivity contribution in [3.63, 3.8) is 0 Å². The second kappa shape index (κ2) is 10.3. The quantitative estimate of drug-likeness (QED) is 0.109. The molecule has 0 spiro atoms. The van der Waals surface area contributed by atoms with Gasteiger partial charge in [0.2, 0.25) is 0 Å². The average Bonchev–Trinajstić information content (AvgIpc) is 2.81. The number of phosphoric acid groups is 3. The fourth-order valence-corrected chi connectivity index (χ4v) is 5.11. The van der Waals surface area contributed by atoms with E-state index < -0.39 is 54.4 Å². The third-order valence-electron chi connectivity index (χ3n) is 2.97. The van der Waals surface area contributed by atoms with Crippen LogP contribution in [0, 0.1) is 0 Å². The molecule has 0 aromatic rings. The van der Waals surface area contributed by atoms with E-state index in [1.807, 2.05) is 0 Å². The van der Waals surface area contributed by atoms with Crippen LogP contribution in [0.5, 0.6) is 0 Å². The van der Waals surface area contributed by atoms with E-state index in [1.54, 1.807) is 6.92 Å². The van der Waals surface area contributed by atoms with Crippen molar-refractivity contribution in [3.8, 4) is 0 Å². The van der Waals surface area contributed by atoms with Crippen LogP contribution in [-0.2, 0) is 41.1 Å². The number of nitrogens with zero attached hydrogens (tertiary/aromatic N) is 3. The lowest BCUT2D eigenvalue weighted by Gasteiger charge is -2.21. The molecule has 1 fully saturated rings. The number of carbonyl (C=O) groups is 1. The van der Waals surface area contributed by atoms with Crippen molar-refractivity contribution in [2.24, 2.45) is 5.11 Å². The third-order valence-corrected chi connectivity index (χ3v) is 6.77. The van der Waals surface area contributed by atoms with Crippen LogP contribution in [-0.4, -0.2) is 57.0 Å². The van der Waals surface area contributed by atoms with E-state index >= 15 is 0 Å². The summed E-state index contributed by atoms with van der Waals surface area (Å²) in [5.41, 5.74) is 8.15. The van der Waals surface area contributed by atoms with Crippen LogP contribution in [0.1, 0.15) is 19.8 Å². The lowest BCUT2D eigenvalue weighted by atomic mass is 10.1. The van der Waals surface area contributed by atoms with Crippen molar-refractivity contribution in [1.82, 2.24) is 0 Å². The lowest BCUT2D eigenvalue weighted by Crippen LogP contribution is -2.31. The number of rotatable bonds is 11. The molecule has 0 radical (unpaired) electrons. The Labute approximate surface area is 157 Å². The molecule has 0 aromatic carbocycles. The second-order valence-electron chi connectivity index (χ2n) is 5.34. The van der Waals surface area contributed by atoms with Crippen LogP contribution >= 0.6 is 23.5 Å². The highest BCUT2D eigenvalue weighted by molar-refractivity contribution is 7.66. The molecule has 1 heterocycles. The molecule has 0 amide bonds. The van der Waals surface area contributed by atoms with Crippen LogP contribution in [0.3, 0.4) is 0 Å². The summed E-state index contributed by atoms with van der Waals surface area (Å²) < 4.78 is 55.6. The van der Waals surface area contributed by atoms with Crippen molar-refractivity contribution < 1.29 is 60.7 Å². The van der Waals surface area contributed by atoms with Gasteiger partial charge in [0, 0.05) is 17.9 Å². The first kappa shape index (κ1) is 25.2. The molecular formula is C9H18N3O13P3. The minimum atomic E-state index is -5.63. The van der Waals surface area contributed by atoms with Gasteiger partial charge in [-0.3, -0.25) is 9.32 Å². The molecule has 1 saturated heterocycles. The Balaban J connectivity index is 2.63. The van der Waals surface area contributed by atoms with Crippen molar-refractivity contribution in [2.45, 2.75) is 38.1 Å². The van der Waals surface area contributed by atoms with Gasteiger partial charge in [0.25, 0.3) is 0 Å². The highest BCUT2D eigenvalue weighted by Crippen LogP contribution is 2.66. The minimum Gasteiger partial charge on any atom is -0.459 e. The SMILES string of the molecule is C[C@H]1C[C@@H](OC(=O)CCN=[N+]=[N-])[C@@H](COP(=O)(O)OP(=O)(O)OP(=O)(O)O)O1. The predicted octanol–water partition coefficient (Wildman–Crippen LogP) is 1.12. The molecule has 19 heteroatoms. The van der Waals surface area contributed by atoms with E-state index in [0.717, 1.165) is 0 Å². The average molecular weight is 469 g/mol. The third kappa shape index (κ3) is 10.1. The minimum absolute atomic E-state index is 0.134. The van der Waals surface area contributed by atoms with Crippen LogP contribution in [0.25, 0.3) is 10.4 Å². The van der Waals surface area contributed by atoms with Crippen molar-refractivity contribution in [1.29, 1.82) is 0 Å². The zero-order chi connectivity index (χ0) is 21.6. The molecule has 1 aliphatic heterocycles. The Morgan fingerprint density at radius 3 is 2.43 bits per heavy atom. The predicted molar refractivity (Wildman–Crippen MR) is 87.3 cm³/mol. The summed E-state index contributed by atoms with van der Waals surface area (Å²) in [5.74, 6) is -0.724. The molecule has 2 unspecified atom stereocenters. The van der Waals surface area contributed by atoms with E-state index in [0.29, 0.717) is 0 Å². The Morgan fingerprint density at radius 2 is 1.86 bits per heavy atom. The van der Waals surface area contributed by atoms with Crippen LogP contribution in [0.2, 0.25) is 0 Å². The molecule has 0 aliphatic carbocycles.